The normalized spacial score (nSPS) is 11.7. The van der Waals surface area contributed by atoms with Gasteiger partial charge in [-0.05, 0) is 16.7 Å². The van der Waals surface area contributed by atoms with E-state index in [2.05, 4.69) is 0 Å². The molecule has 0 radical (unpaired) electrons. The average molecular weight is 298 g/mol. The van der Waals surface area contributed by atoms with E-state index in [1.54, 1.807) is 0 Å². The number of nitrogens with one attached hydrogen (secondary N) is 2. The Morgan fingerprint density at radius 1 is 0.522 bits per heavy atom. The molecule has 0 aromatic heterocycles. The Hall–Kier alpha value is -3.00. The first-order valence-corrected chi connectivity index (χ1v) is 7.60. The van der Waals surface area contributed by atoms with E-state index in [1.165, 1.54) is 0 Å². The van der Waals surface area contributed by atoms with Crippen molar-refractivity contribution in [3.05, 3.63) is 108 Å². The second-order valence-electron chi connectivity index (χ2n) is 5.40. The van der Waals surface area contributed by atoms with Gasteiger partial charge in [-0.25, -0.2) is 0 Å². The fourth-order valence-electron chi connectivity index (χ4n) is 2.69. The van der Waals surface area contributed by atoms with Crippen LogP contribution in [0.3, 0.4) is 0 Å². The van der Waals surface area contributed by atoms with E-state index in [0.29, 0.717) is 11.4 Å². The molecule has 0 atom stereocenters. The largest absolute Gasteiger partial charge is 0.304 e. The maximum Gasteiger partial charge on any atom is 0.0683 e. The highest BCUT2D eigenvalue weighted by Crippen LogP contribution is 2.25. The molecular weight excluding hydrogens is 280 g/mol. The van der Waals surface area contributed by atoms with Crippen molar-refractivity contribution in [1.29, 1.82) is 10.8 Å². The summed E-state index contributed by atoms with van der Waals surface area (Å²) in [5.41, 5.74) is 3.57. The Bertz CT molecular complexity index is 742. The van der Waals surface area contributed by atoms with Crippen LogP contribution in [0.2, 0.25) is 0 Å². The van der Waals surface area contributed by atoms with Crippen molar-refractivity contribution in [3.8, 4) is 0 Å². The van der Waals surface area contributed by atoms with E-state index < -0.39 is 0 Å². The Labute approximate surface area is 136 Å². The SMILES string of the molecule is N=C(c1ccccc1)C(C(=N)c1ccccc1)c1ccccc1. The predicted octanol–water partition coefficient (Wildman–Crippen LogP) is 4.91. The van der Waals surface area contributed by atoms with Gasteiger partial charge in [0.15, 0.2) is 0 Å². The molecule has 0 amide bonds. The van der Waals surface area contributed by atoms with Gasteiger partial charge in [0.1, 0.15) is 0 Å². The molecule has 0 spiro atoms. The fraction of sp³-hybridized carbons (Fsp3) is 0.0476. The predicted molar refractivity (Wildman–Crippen MR) is 95.7 cm³/mol. The second kappa shape index (κ2) is 6.84. The monoisotopic (exact) mass is 298 g/mol. The van der Waals surface area contributed by atoms with Crippen molar-refractivity contribution in [1.82, 2.24) is 0 Å². The third-order valence-corrected chi connectivity index (χ3v) is 3.88. The first kappa shape index (κ1) is 14.9. The highest BCUT2D eigenvalue weighted by atomic mass is 14.5. The maximum absolute atomic E-state index is 8.66. The molecule has 3 rings (SSSR count). The van der Waals surface area contributed by atoms with Crippen molar-refractivity contribution < 1.29 is 0 Å². The average Bonchev–Trinajstić information content (AvgIpc) is 2.64. The summed E-state index contributed by atoms with van der Waals surface area (Å²) in [4.78, 5) is 0. The molecule has 0 aliphatic heterocycles. The van der Waals surface area contributed by atoms with Gasteiger partial charge in [0.2, 0.25) is 0 Å². The second-order valence-corrected chi connectivity index (χ2v) is 5.40. The lowest BCUT2D eigenvalue weighted by Gasteiger charge is -2.20. The summed E-state index contributed by atoms with van der Waals surface area (Å²) >= 11 is 0. The van der Waals surface area contributed by atoms with Gasteiger partial charge in [0.05, 0.1) is 17.3 Å². The zero-order chi connectivity index (χ0) is 16.1. The van der Waals surface area contributed by atoms with Gasteiger partial charge in [-0.15, -0.1) is 0 Å². The molecule has 0 heterocycles. The van der Waals surface area contributed by atoms with Gasteiger partial charge in [0, 0.05) is 0 Å². The van der Waals surface area contributed by atoms with Gasteiger partial charge in [-0.1, -0.05) is 91.0 Å². The molecular formula is C21H18N2. The summed E-state index contributed by atoms with van der Waals surface area (Å²) in [6, 6.07) is 29.1. The van der Waals surface area contributed by atoms with Crippen molar-refractivity contribution >= 4 is 11.4 Å². The van der Waals surface area contributed by atoms with Gasteiger partial charge in [0.25, 0.3) is 0 Å². The molecule has 2 heteroatoms. The highest BCUT2D eigenvalue weighted by Gasteiger charge is 2.24. The molecule has 0 bridgehead atoms. The van der Waals surface area contributed by atoms with Crippen molar-refractivity contribution in [2.75, 3.05) is 0 Å². The lowest BCUT2D eigenvalue weighted by atomic mass is 9.83. The molecule has 3 aromatic carbocycles. The molecule has 0 unspecified atom stereocenters. The quantitative estimate of drug-likeness (QED) is 0.629. The minimum atomic E-state index is -0.374. The Morgan fingerprint density at radius 3 is 1.26 bits per heavy atom. The lowest BCUT2D eigenvalue weighted by molar-refractivity contribution is 1.14. The molecule has 2 N–H and O–H groups in total. The third kappa shape index (κ3) is 3.27. The Kier molecular flexibility index (Phi) is 4.44. The van der Waals surface area contributed by atoms with Gasteiger partial charge >= 0.3 is 0 Å². The van der Waals surface area contributed by atoms with E-state index in [-0.39, 0.29) is 5.92 Å². The molecule has 23 heavy (non-hydrogen) atoms. The number of rotatable bonds is 5. The first-order chi connectivity index (χ1) is 11.3. The van der Waals surface area contributed by atoms with E-state index in [4.69, 9.17) is 10.8 Å². The van der Waals surface area contributed by atoms with Crippen LogP contribution in [0.25, 0.3) is 0 Å². The number of hydrogen-bond donors (Lipinski definition) is 2. The smallest absolute Gasteiger partial charge is 0.0683 e. The summed E-state index contributed by atoms with van der Waals surface area (Å²) in [6.07, 6.45) is 0. The van der Waals surface area contributed by atoms with Gasteiger partial charge < -0.3 is 10.8 Å². The van der Waals surface area contributed by atoms with Crippen LogP contribution in [0.1, 0.15) is 22.6 Å². The summed E-state index contributed by atoms with van der Waals surface area (Å²) in [5.74, 6) is -0.374. The van der Waals surface area contributed by atoms with Crippen LogP contribution in [0.15, 0.2) is 91.0 Å². The molecule has 0 saturated carbocycles. The van der Waals surface area contributed by atoms with E-state index in [0.717, 1.165) is 16.7 Å². The van der Waals surface area contributed by atoms with Crippen LogP contribution in [-0.2, 0) is 0 Å². The summed E-state index contributed by atoms with van der Waals surface area (Å²) < 4.78 is 0. The van der Waals surface area contributed by atoms with Crippen LogP contribution in [0.4, 0.5) is 0 Å². The first-order valence-electron chi connectivity index (χ1n) is 7.60. The van der Waals surface area contributed by atoms with Crippen molar-refractivity contribution in [2.45, 2.75) is 5.92 Å². The molecule has 0 fully saturated rings. The third-order valence-electron chi connectivity index (χ3n) is 3.88. The molecule has 112 valence electrons. The van der Waals surface area contributed by atoms with E-state index in [1.807, 2.05) is 91.0 Å². The van der Waals surface area contributed by atoms with Crippen LogP contribution in [0, 0.1) is 10.8 Å². The Morgan fingerprint density at radius 2 is 0.870 bits per heavy atom. The van der Waals surface area contributed by atoms with Crippen LogP contribution in [-0.4, -0.2) is 11.4 Å². The minimum Gasteiger partial charge on any atom is -0.304 e. The van der Waals surface area contributed by atoms with E-state index in [9.17, 15) is 0 Å². The summed E-state index contributed by atoms with van der Waals surface area (Å²) in [5, 5.41) is 17.3. The molecule has 0 aliphatic rings. The van der Waals surface area contributed by atoms with Crippen LogP contribution >= 0.6 is 0 Å². The minimum absolute atomic E-state index is 0.374. The number of hydrogen-bond acceptors (Lipinski definition) is 2. The maximum atomic E-state index is 8.66. The topological polar surface area (TPSA) is 47.7 Å². The standard InChI is InChI=1S/C21H18N2/c22-20(17-12-6-2-7-13-17)19(16-10-4-1-5-11-16)21(23)18-14-8-3-9-15-18/h1-15,19,22-23H. The zero-order valence-corrected chi connectivity index (χ0v) is 12.7. The van der Waals surface area contributed by atoms with Crippen LogP contribution < -0.4 is 0 Å². The van der Waals surface area contributed by atoms with Crippen molar-refractivity contribution in [2.24, 2.45) is 0 Å². The fourth-order valence-corrected chi connectivity index (χ4v) is 2.69. The molecule has 0 saturated heterocycles. The lowest BCUT2D eigenvalue weighted by Crippen LogP contribution is -2.22. The highest BCUT2D eigenvalue weighted by molar-refractivity contribution is 6.21. The van der Waals surface area contributed by atoms with Gasteiger partial charge in [-0.3, -0.25) is 0 Å². The van der Waals surface area contributed by atoms with Gasteiger partial charge in [-0.2, -0.15) is 0 Å². The zero-order valence-electron chi connectivity index (χ0n) is 12.7. The Balaban J connectivity index is 2.05. The summed E-state index contributed by atoms with van der Waals surface area (Å²) in [6.45, 7) is 0. The van der Waals surface area contributed by atoms with Crippen LogP contribution in [0.5, 0.6) is 0 Å². The van der Waals surface area contributed by atoms with E-state index >= 15 is 0 Å². The molecule has 0 aliphatic carbocycles. The number of benzene rings is 3. The van der Waals surface area contributed by atoms with Crippen molar-refractivity contribution in [3.63, 3.8) is 0 Å². The molecule has 2 nitrogen and oxygen atoms in total. The summed E-state index contributed by atoms with van der Waals surface area (Å²) in [7, 11) is 0. The molecule has 3 aromatic rings.